The third kappa shape index (κ3) is 2.60. The van der Waals surface area contributed by atoms with Crippen LogP contribution < -0.4 is 5.32 Å². The van der Waals surface area contributed by atoms with Crippen LogP contribution in [0.5, 0.6) is 0 Å². The van der Waals surface area contributed by atoms with Gasteiger partial charge in [-0.25, -0.2) is 0 Å². The highest BCUT2D eigenvalue weighted by molar-refractivity contribution is 5.28. The molecule has 0 amide bonds. The molecule has 1 atom stereocenters. The first-order valence-corrected chi connectivity index (χ1v) is 6.06. The molecule has 1 saturated carbocycles. The Morgan fingerprint density at radius 2 is 2.07 bits per heavy atom. The smallest absolute Gasteiger partial charge is 0.00673 e. The van der Waals surface area contributed by atoms with Crippen molar-refractivity contribution in [3.63, 3.8) is 0 Å². The predicted molar refractivity (Wildman–Crippen MR) is 65.2 cm³/mol. The van der Waals surface area contributed by atoms with Gasteiger partial charge in [0, 0.05) is 12.6 Å². The molecule has 1 aromatic carbocycles. The van der Waals surface area contributed by atoms with Crippen molar-refractivity contribution >= 4 is 0 Å². The highest BCUT2D eigenvalue weighted by atomic mass is 14.9. The molecule has 0 saturated heterocycles. The van der Waals surface area contributed by atoms with Crippen molar-refractivity contribution in [1.29, 1.82) is 0 Å². The molecular weight excluding hydrogens is 182 g/mol. The third-order valence-corrected chi connectivity index (χ3v) is 3.54. The van der Waals surface area contributed by atoms with Crippen molar-refractivity contribution in [2.24, 2.45) is 0 Å². The molecule has 1 N–H and O–H groups in total. The first-order chi connectivity index (χ1) is 7.27. The van der Waals surface area contributed by atoms with Gasteiger partial charge in [0.15, 0.2) is 0 Å². The van der Waals surface area contributed by atoms with Crippen LogP contribution >= 0.6 is 0 Å². The Labute approximate surface area is 92.9 Å². The van der Waals surface area contributed by atoms with E-state index in [0.717, 1.165) is 12.6 Å². The summed E-state index contributed by atoms with van der Waals surface area (Å²) in [7, 11) is 0. The van der Waals surface area contributed by atoms with E-state index in [9.17, 15) is 0 Å². The van der Waals surface area contributed by atoms with Crippen LogP contribution in [0, 0.1) is 6.92 Å². The molecule has 2 rings (SSSR count). The van der Waals surface area contributed by atoms with E-state index in [-0.39, 0.29) is 0 Å². The molecule has 1 aliphatic carbocycles. The van der Waals surface area contributed by atoms with E-state index in [0.29, 0.717) is 5.92 Å². The lowest BCUT2D eigenvalue weighted by Crippen LogP contribution is -2.37. The molecule has 0 aliphatic heterocycles. The molecule has 1 fully saturated rings. The molecule has 1 aliphatic rings. The van der Waals surface area contributed by atoms with Crippen LogP contribution in [0.15, 0.2) is 24.3 Å². The Hall–Kier alpha value is -0.820. The Morgan fingerprint density at radius 1 is 1.33 bits per heavy atom. The van der Waals surface area contributed by atoms with Gasteiger partial charge in [-0.05, 0) is 36.8 Å². The Morgan fingerprint density at radius 3 is 2.67 bits per heavy atom. The summed E-state index contributed by atoms with van der Waals surface area (Å²) in [5.74, 6) is 0.631. The maximum Gasteiger partial charge on any atom is 0.00673 e. The zero-order valence-electron chi connectivity index (χ0n) is 9.79. The lowest BCUT2D eigenvalue weighted by Gasteiger charge is -2.28. The zero-order valence-corrected chi connectivity index (χ0v) is 9.79. The van der Waals surface area contributed by atoms with Gasteiger partial charge in [-0.3, -0.25) is 0 Å². The number of nitrogens with one attached hydrogen (secondary N) is 1. The molecule has 0 aromatic heterocycles. The monoisotopic (exact) mass is 203 g/mol. The highest BCUT2D eigenvalue weighted by Gasteiger charge is 2.17. The van der Waals surface area contributed by atoms with E-state index in [1.54, 1.807) is 0 Å². The van der Waals surface area contributed by atoms with Gasteiger partial charge in [-0.15, -0.1) is 0 Å². The zero-order chi connectivity index (χ0) is 10.7. The Kier molecular flexibility index (Phi) is 3.42. The van der Waals surface area contributed by atoms with Crippen molar-refractivity contribution in [2.75, 3.05) is 6.54 Å². The van der Waals surface area contributed by atoms with E-state index in [4.69, 9.17) is 0 Å². The first kappa shape index (κ1) is 10.7. The summed E-state index contributed by atoms with van der Waals surface area (Å²) < 4.78 is 0. The normalized spacial score (nSPS) is 18.5. The molecule has 0 spiro atoms. The summed E-state index contributed by atoms with van der Waals surface area (Å²) in [6.07, 6.45) is 4.16. The van der Waals surface area contributed by atoms with Crippen LogP contribution in [0.1, 0.15) is 43.2 Å². The number of hydrogen-bond acceptors (Lipinski definition) is 1. The molecule has 15 heavy (non-hydrogen) atoms. The van der Waals surface area contributed by atoms with Gasteiger partial charge >= 0.3 is 0 Å². The van der Waals surface area contributed by atoms with Crippen LogP contribution in [0.25, 0.3) is 0 Å². The summed E-state index contributed by atoms with van der Waals surface area (Å²) >= 11 is 0. The highest BCUT2D eigenvalue weighted by Crippen LogP contribution is 2.21. The summed E-state index contributed by atoms with van der Waals surface area (Å²) in [5.41, 5.74) is 2.91. The molecule has 1 nitrogen and oxygen atoms in total. The van der Waals surface area contributed by atoms with Gasteiger partial charge in [0.05, 0.1) is 0 Å². The predicted octanol–water partition coefficient (Wildman–Crippen LogP) is 3.24. The molecular formula is C14H21N. The molecule has 0 radical (unpaired) electrons. The minimum Gasteiger partial charge on any atom is -0.313 e. The van der Waals surface area contributed by atoms with Crippen molar-refractivity contribution < 1.29 is 0 Å². The van der Waals surface area contributed by atoms with Crippen LogP contribution in [-0.2, 0) is 0 Å². The fourth-order valence-corrected chi connectivity index (χ4v) is 2.21. The molecule has 0 heterocycles. The lowest BCUT2D eigenvalue weighted by atomic mass is 9.91. The average Bonchev–Trinajstić information content (AvgIpc) is 2.16. The van der Waals surface area contributed by atoms with Crippen molar-refractivity contribution in [3.05, 3.63) is 35.4 Å². The summed E-state index contributed by atoms with van der Waals surface area (Å²) in [4.78, 5) is 0. The molecule has 0 bridgehead atoms. The second kappa shape index (κ2) is 4.80. The average molecular weight is 203 g/mol. The summed E-state index contributed by atoms with van der Waals surface area (Å²) in [6, 6.07) is 9.52. The van der Waals surface area contributed by atoms with Gasteiger partial charge in [-0.1, -0.05) is 37.6 Å². The maximum absolute atomic E-state index is 3.64. The summed E-state index contributed by atoms with van der Waals surface area (Å²) in [6.45, 7) is 5.64. The molecule has 82 valence electrons. The maximum atomic E-state index is 3.64. The lowest BCUT2D eigenvalue weighted by molar-refractivity contribution is 0.334. The Balaban J connectivity index is 1.89. The van der Waals surface area contributed by atoms with Crippen molar-refractivity contribution in [1.82, 2.24) is 5.32 Å². The van der Waals surface area contributed by atoms with Gasteiger partial charge in [0.2, 0.25) is 0 Å². The van der Waals surface area contributed by atoms with Gasteiger partial charge < -0.3 is 5.32 Å². The van der Waals surface area contributed by atoms with Gasteiger partial charge in [-0.2, -0.15) is 0 Å². The third-order valence-electron chi connectivity index (χ3n) is 3.54. The second-order valence-electron chi connectivity index (χ2n) is 4.79. The SMILES string of the molecule is Cc1ccccc1C(C)CNC1CCC1. The molecule has 1 aromatic rings. The second-order valence-corrected chi connectivity index (χ2v) is 4.79. The van der Waals surface area contributed by atoms with Crippen LogP contribution in [0.3, 0.4) is 0 Å². The minimum absolute atomic E-state index is 0.631. The fraction of sp³-hybridized carbons (Fsp3) is 0.571. The summed E-state index contributed by atoms with van der Waals surface area (Å²) in [5, 5.41) is 3.64. The number of benzene rings is 1. The van der Waals surface area contributed by atoms with E-state index in [1.807, 2.05) is 0 Å². The molecule has 1 heteroatoms. The van der Waals surface area contributed by atoms with Crippen LogP contribution in [-0.4, -0.2) is 12.6 Å². The fourth-order valence-electron chi connectivity index (χ4n) is 2.21. The number of aryl methyl sites for hydroxylation is 1. The topological polar surface area (TPSA) is 12.0 Å². The Bertz CT molecular complexity index is 315. The number of rotatable bonds is 4. The first-order valence-electron chi connectivity index (χ1n) is 6.06. The van der Waals surface area contributed by atoms with E-state index >= 15 is 0 Å². The quantitative estimate of drug-likeness (QED) is 0.792. The minimum atomic E-state index is 0.631. The van der Waals surface area contributed by atoms with E-state index in [2.05, 4.69) is 43.4 Å². The van der Waals surface area contributed by atoms with E-state index in [1.165, 1.54) is 30.4 Å². The van der Waals surface area contributed by atoms with Crippen LogP contribution in [0.2, 0.25) is 0 Å². The van der Waals surface area contributed by atoms with Gasteiger partial charge in [0.1, 0.15) is 0 Å². The van der Waals surface area contributed by atoms with Gasteiger partial charge in [0.25, 0.3) is 0 Å². The van der Waals surface area contributed by atoms with Crippen LogP contribution in [0.4, 0.5) is 0 Å². The molecule has 1 unspecified atom stereocenters. The largest absolute Gasteiger partial charge is 0.313 e. The number of hydrogen-bond donors (Lipinski definition) is 1. The van der Waals surface area contributed by atoms with Crippen molar-refractivity contribution in [3.8, 4) is 0 Å². The standard InChI is InChI=1S/C14H21N/c1-11-6-3-4-9-14(11)12(2)10-15-13-7-5-8-13/h3-4,6,9,12-13,15H,5,7-8,10H2,1-2H3. The van der Waals surface area contributed by atoms with E-state index < -0.39 is 0 Å². The van der Waals surface area contributed by atoms with Crippen molar-refractivity contribution in [2.45, 2.75) is 45.1 Å².